The Morgan fingerprint density at radius 2 is 1.72 bits per heavy atom. The number of nitrogen functional groups attached to an aromatic ring is 1. The maximum atomic E-state index is 6.11. The van der Waals surface area contributed by atoms with Gasteiger partial charge in [-0.15, -0.1) is 0 Å². The summed E-state index contributed by atoms with van der Waals surface area (Å²) in [5.41, 5.74) is 8.72. The van der Waals surface area contributed by atoms with E-state index in [1.807, 2.05) is 24.3 Å². The Kier molecular flexibility index (Phi) is 4.83. The van der Waals surface area contributed by atoms with E-state index in [0.717, 1.165) is 11.3 Å². The first kappa shape index (κ1) is 16.8. The summed E-state index contributed by atoms with van der Waals surface area (Å²) in [4.78, 5) is 8.39. The van der Waals surface area contributed by atoms with Gasteiger partial charge in [-0.05, 0) is 42.0 Å². The van der Waals surface area contributed by atoms with Gasteiger partial charge in [0.05, 0.1) is 16.4 Å². The van der Waals surface area contributed by atoms with Crippen molar-refractivity contribution in [1.82, 2.24) is 9.97 Å². The number of pyridine rings is 2. The quantitative estimate of drug-likeness (QED) is 0.477. The molecule has 0 saturated carbocycles. The van der Waals surface area contributed by atoms with E-state index in [-0.39, 0.29) is 0 Å². The molecule has 0 fully saturated rings. The number of hydrogen-bond donors (Lipinski definition) is 3. The smallest absolute Gasteiger partial charge is 0.170 e. The van der Waals surface area contributed by atoms with E-state index < -0.39 is 0 Å². The van der Waals surface area contributed by atoms with E-state index >= 15 is 0 Å². The number of halogens is 1. The normalized spacial score (nSPS) is 10.3. The maximum Gasteiger partial charge on any atom is 0.170 e. The van der Waals surface area contributed by atoms with E-state index in [9.17, 15) is 0 Å². The third-order valence-corrected chi connectivity index (χ3v) is 3.87. The first-order chi connectivity index (χ1) is 12.1. The maximum absolute atomic E-state index is 6.11. The van der Waals surface area contributed by atoms with Crippen LogP contribution in [0, 0.1) is 0 Å². The van der Waals surface area contributed by atoms with Gasteiger partial charge in [-0.2, -0.15) is 0 Å². The van der Waals surface area contributed by atoms with Crippen molar-refractivity contribution < 1.29 is 0 Å². The molecule has 0 saturated heterocycles. The standard InChI is InChI=1S/C18H17ClN6/c1-12(24-17-15(19)4-2-10-22-17)13-6-8-14(9-7-13)25(21)18-16(20)5-3-11-23-18/h2-11H,1,20-21H2,(H,22,24). The van der Waals surface area contributed by atoms with Crippen molar-refractivity contribution in [3.8, 4) is 0 Å². The molecule has 2 aromatic heterocycles. The van der Waals surface area contributed by atoms with Crippen molar-refractivity contribution in [3.05, 3.63) is 78.1 Å². The number of anilines is 4. The lowest BCUT2D eigenvalue weighted by Crippen LogP contribution is -2.26. The summed E-state index contributed by atoms with van der Waals surface area (Å²) in [6.07, 6.45) is 3.30. The monoisotopic (exact) mass is 352 g/mol. The molecular formula is C18H17ClN6. The van der Waals surface area contributed by atoms with Crippen molar-refractivity contribution >= 4 is 40.3 Å². The fourth-order valence-electron chi connectivity index (χ4n) is 2.25. The van der Waals surface area contributed by atoms with Crippen LogP contribution in [0.15, 0.2) is 67.5 Å². The molecule has 0 amide bonds. The molecule has 126 valence electrons. The Hall–Kier alpha value is -3.09. The Labute approximate surface area is 150 Å². The molecule has 1 aromatic carbocycles. The summed E-state index contributed by atoms with van der Waals surface area (Å²) in [7, 11) is 0. The van der Waals surface area contributed by atoms with Gasteiger partial charge in [0.25, 0.3) is 0 Å². The van der Waals surface area contributed by atoms with Crippen molar-refractivity contribution in [1.29, 1.82) is 0 Å². The molecule has 0 aliphatic rings. The topological polar surface area (TPSA) is 93.1 Å². The minimum absolute atomic E-state index is 0.493. The van der Waals surface area contributed by atoms with Crippen LogP contribution in [0.3, 0.4) is 0 Å². The van der Waals surface area contributed by atoms with Gasteiger partial charge in [0.2, 0.25) is 0 Å². The second kappa shape index (κ2) is 7.21. The number of nitrogens with one attached hydrogen (secondary N) is 1. The van der Waals surface area contributed by atoms with Crippen LogP contribution in [0.25, 0.3) is 5.70 Å². The molecule has 7 heteroatoms. The van der Waals surface area contributed by atoms with E-state index in [2.05, 4.69) is 21.9 Å². The van der Waals surface area contributed by atoms with Crippen LogP contribution < -0.4 is 21.9 Å². The Morgan fingerprint density at radius 1 is 1.04 bits per heavy atom. The van der Waals surface area contributed by atoms with Crippen molar-refractivity contribution in [3.63, 3.8) is 0 Å². The molecule has 5 N–H and O–H groups in total. The van der Waals surface area contributed by atoms with Crippen LogP contribution in [0.4, 0.5) is 23.0 Å². The number of hydrazine groups is 1. The number of rotatable bonds is 5. The third kappa shape index (κ3) is 3.71. The summed E-state index contributed by atoms with van der Waals surface area (Å²) in [5, 5.41) is 5.06. The highest BCUT2D eigenvalue weighted by atomic mass is 35.5. The number of nitrogens with two attached hydrogens (primary N) is 2. The van der Waals surface area contributed by atoms with Gasteiger partial charge in [-0.1, -0.05) is 30.3 Å². The molecule has 3 rings (SSSR count). The highest BCUT2D eigenvalue weighted by Gasteiger charge is 2.10. The van der Waals surface area contributed by atoms with Crippen molar-refractivity contribution in [2.24, 2.45) is 5.84 Å². The lowest BCUT2D eigenvalue weighted by Gasteiger charge is -2.19. The van der Waals surface area contributed by atoms with Crippen LogP contribution >= 0.6 is 11.6 Å². The first-order valence-corrected chi connectivity index (χ1v) is 7.86. The summed E-state index contributed by atoms with van der Waals surface area (Å²) in [6, 6.07) is 14.5. The molecule has 0 radical (unpaired) electrons. The molecule has 6 nitrogen and oxygen atoms in total. The molecule has 0 bridgehead atoms. The molecule has 3 aromatic rings. The number of nitrogens with zero attached hydrogens (tertiary/aromatic N) is 3. The zero-order chi connectivity index (χ0) is 17.8. The Bertz CT molecular complexity index is 894. The van der Waals surface area contributed by atoms with Crippen LogP contribution in [0.1, 0.15) is 5.56 Å². The van der Waals surface area contributed by atoms with Gasteiger partial charge >= 0.3 is 0 Å². The van der Waals surface area contributed by atoms with Crippen molar-refractivity contribution in [2.75, 3.05) is 16.1 Å². The van der Waals surface area contributed by atoms with Crippen molar-refractivity contribution in [2.45, 2.75) is 0 Å². The van der Waals surface area contributed by atoms with E-state index in [4.69, 9.17) is 23.2 Å². The average Bonchev–Trinajstić information content (AvgIpc) is 2.63. The summed E-state index contributed by atoms with van der Waals surface area (Å²) in [5.74, 6) is 7.16. The third-order valence-electron chi connectivity index (χ3n) is 3.57. The number of benzene rings is 1. The zero-order valence-electron chi connectivity index (χ0n) is 13.4. The van der Waals surface area contributed by atoms with Gasteiger partial charge in [-0.25, -0.2) is 15.8 Å². The largest absolute Gasteiger partial charge is 0.396 e. The fraction of sp³-hybridized carbons (Fsp3) is 0. The number of aromatic nitrogens is 2. The highest BCUT2D eigenvalue weighted by Crippen LogP contribution is 2.27. The molecule has 0 atom stereocenters. The van der Waals surface area contributed by atoms with E-state index in [0.29, 0.717) is 28.0 Å². The van der Waals surface area contributed by atoms with Gasteiger partial charge in [0, 0.05) is 18.1 Å². The summed E-state index contributed by atoms with van der Waals surface area (Å²) < 4.78 is 0. The van der Waals surface area contributed by atoms with E-state index in [1.54, 1.807) is 36.7 Å². The number of hydrogen-bond acceptors (Lipinski definition) is 6. The van der Waals surface area contributed by atoms with Gasteiger partial charge in [0.1, 0.15) is 5.82 Å². The molecule has 0 aliphatic carbocycles. The Balaban J connectivity index is 1.77. The van der Waals surface area contributed by atoms with Gasteiger partial charge in [-0.3, -0.25) is 5.01 Å². The fourth-order valence-corrected chi connectivity index (χ4v) is 2.42. The molecule has 25 heavy (non-hydrogen) atoms. The SMILES string of the molecule is C=C(Nc1ncccc1Cl)c1ccc(N(N)c2ncccc2N)cc1. The molecule has 0 aliphatic heterocycles. The van der Waals surface area contributed by atoms with Crippen LogP contribution in [0.2, 0.25) is 5.02 Å². The van der Waals surface area contributed by atoms with Gasteiger partial charge in [0.15, 0.2) is 5.82 Å². The molecule has 0 unspecified atom stereocenters. The molecule has 2 heterocycles. The average molecular weight is 353 g/mol. The van der Waals surface area contributed by atoms with Gasteiger partial charge < -0.3 is 11.1 Å². The lowest BCUT2D eigenvalue weighted by atomic mass is 10.1. The van der Waals surface area contributed by atoms with Crippen LogP contribution in [-0.2, 0) is 0 Å². The summed E-state index contributed by atoms with van der Waals surface area (Å²) in [6.45, 7) is 4.02. The van der Waals surface area contributed by atoms with Crippen LogP contribution in [0.5, 0.6) is 0 Å². The van der Waals surface area contributed by atoms with Crippen LogP contribution in [-0.4, -0.2) is 9.97 Å². The predicted octanol–water partition coefficient (Wildman–Crippen LogP) is 3.81. The molecular weight excluding hydrogens is 336 g/mol. The minimum Gasteiger partial charge on any atom is -0.396 e. The summed E-state index contributed by atoms with van der Waals surface area (Å²) >= 11 is 6.10. The predicted molar refractivity (Wildman–Crippen MR) is 103 cm³/mol. The minimum atomic E-state index is 0.493. The lowest BCUT2D eigenvalue weighted by molar-refractivity contribution is 1.04. The molecule has 0 spiro atoms. The Morgan fingerprint density at radius 3 is 2.40 bits per heavy atom. The second-order valence-electron chi connectivity index (χ2n) is 5.27. The first-order valence-electron chi connectivity index (χ1n) is 7.48. The zero-order valence-corrected chi connectivity index (χ0v) is 14.1. The second-order valence-corrected chi connectivity index (χ2v) is 5.68. The highest BCUT2D eigenvalue weighted by molar-refractivity contribution is 6.33. The van der Waals surface area contributed by atoms with E-state index in [1.165, 1.54) is 5.01 Å².